The Labute approximate surface area is 126 Å². The minimum Gasteiger partial charge on any atom is -0.368 e. The number of thioether (sulfide) groups is 1. The molecule has 0 amide bonds. The van der Waals surface area contributed by atoms with E-state index in [1.54, 1.807) is 12.4 Å². The van der Waals surface area contributed by atoms with Crippen LogP contribution in [0.15, 0.2) is 23.6 Å². The van der Waals surface area contributed by atoms with E-state index in [2.05, 4.69) is 47.6 Å². The predicted molar refractivity (Wildman–Crippen MR) is 80.7 cm³/mol. The van der Waals surface area contributed by atoms with Crippen molar-refractivity contribution in [3.8, 4) is 11.4 Å². The van der Waals surface area contributed by atoms with Crippen LogP contribution in [-0.4, -0.2) is 35.8 Å². The number of nitrogen functional groups attached to an aromatic ring is 1. The molecule has 3 aromatic heterocycles. The number of fused-ring (bicyclic) bond motifs is 1. The summed E-state index contributed by atoms with van der Waals surface area (Å²) < 4.78 is 2.40. The first-order chi connectivity index (χ1) is 9.19. The summed E-state index contributed by atoms with van der Waals surface area (Å²) in [6.45, 7) is 0. The van der Waals surface area contributed by atoms with Crippen LogP contribution in [-0.2, 0) is 0 Å². The number of hydrogen-bond donors (Lipinski definition) is 1. The van der Waals surface area contributed by atoms with Crippen molar-refractivity contribution in [2.75, 3.05) is 12.0 Å². The van der Waals surface area contributed by atoms with Gasteiger partial charge in [-0.25, -0.2) is 0 Å². The van der Waals surface area contributed by atoms with Crippen molar-refractivity contribution in [1.82, 2.24) is 29.5 Å². The Morgan fingerprint density at radius 3 is 2.89 bits per heavy atom. The van der Waals surface area contributed by atoms with Crippen LogP contribution < -0.4 is 5.73 Å². The molecule has 0 saturated heterocycles. The van der Waals surface area contributed by atoms with E-state index < -0.39 is 0 Å². The van der Waals surface area contributed by atoms with E-state index in [-0.39, 0.29) is 5.95 Å². The smallest absolute Gasteiger partial charge is 0.258 e. The zero-order chi connectivity index (χ0) is 13.4. The van der Waals surface area contributed by atoms with Crippen molar-refractivity contribution in [2.45, 2.75) is 5.16 Å². The van der Waals surface area contributed by atoms with Gasteiger partial charge in [-0.15, -0.1) is 5.10 Å². The van der Waals surface area contributed by atoms with Crippen molar-refractivity contribution < 1.29 is 0 Å². The van der Waals surface area contributed by atoms with Crippen molar-refractivity contribution >= 4 is 46.1 Å². The van der Waals surface area contributed by atoms with Gasteiger partial charge in [0.15, 0.2) is 11.0 Å². The third-order valence-electron chi connectivity index (χ3n) is 2.41. The standard InChI is InChI=1S/C10H8IN7S/c1-19-10-15-8(12)18-9(16-10)14-7(17-18)5-2-3-13-4-6(5)11/h2-4H,1H3,(H2,12,14,15,16,17). The Morgan fingerprint density at radius 2 is 2.16 bits per heavy atom. The zero-order valence-corrected chi connectivity index (χ0v) is 12.8. The molecule has 0 unspecified atom stereocenters. The van der Waals surface area contributed by atoms with Gasteiger partial charge in [-0.2, -0.15) is 19.5 Å². The Morgan fingerprint density at radius 1 is 1.32 bits per heavy atom. The van der Waals surface area contributed by atoms with Crippen molar-refractivity contribution in [1.29, 1.82) is 0 Å². The number of pyridine rings is 1. The van der Waals surface area contributed by atoms with Crippen LogP contribution in [0.3, 0.4) is 0 Å². The molecule has 0 aromatic carbocycles. The van der Waals surface area contributed by atoms with Gasteiger partial charge in [-0.3, -0.25) is 4.98 Å². The number of halogens is 1. The minimum absolute atomic E-state index is 0.275. The van der Waals surface area contributed by atoms with Crippen LogP contribution in [0.2, 0.25) is 0 Å². The highest BCUT2D eigenvalue weighted by molar-refractivity contribution is 14.1. The minimum atomic E-state index is 0.275. The molecule has 19 heavy (non-hydrogen) atoms. The maximum absolute atomic E-state index is 5.84. The molecule has 3 aromatic rings. The maximum atomic E-state index is 5.84. The number of anilines is 1. The van der Waals surface area contributed by atoms with E-state index in [0.29, 0.717) is 16.8 Å². The van der Waals surface area contributed by atoms with Gasteiger partial charge in [0.05, 0.1) is 0 Å². The lowest BCUT2D eigenvalue weighted by Gasteiger charge is -1.98. The van der Waals surface area contributed by atoms with Crippen molar-refractivity contribution in [3.63, 3.8) is 0 Å². The Kier molecular flexibility index (Phi) is 3.22. The van der Waals surface area contributed by atoms with Crippen LogP contribution in [0, 0.1) is 3.57 Å². The van der Waals surface area contributed by atoms with E-state index in [1.807, 2.05) is 12.3 Å². The number of aromatic nitrogens is 6. The van der Waals surface area contributed by atoms with Crippen LogP contribution in [0.1, 0.15) is 0 Å². The van der Waals surface area contributed by atoms with E-state index in [0.717, 1.165) is 9.13 Å². The van der Waals surface area contributed by atoms with Crippen LogP contribution in [0.5, 0.6) is 0 Å². The quantitative estimate of drug-likeness (QED) is 0.528. The lowest BCUT2D eigenvalue weighted by atomic mass is 10.3. The summed E-state index contributed by atoms with van der Waals surface area (Å²) in [7, 11) is 0. The fourth-order valence-electron chi connectivity index (χ4n) is 1.55. The summed E-state index contributed by atoms with van der Waals surface area (Å²) in [4.78, 5) is 16.8. The Hall–Kier alpha value is -1.49. The molecule has 0 bridgehead atoms. The summed E-state index contributed by atoms with van der Waals surface area (Å²) in [5.74, 6) is 1.28. The lowest BCUT2D eigenvalue weighted by Crippen LogP contribution is -2.04. The molecule has 3 heterocycles. The number of hydrogen-bond acceptors (Lipinski definition) is 7. The van der Waals surface area contributed by atoms with Gasteiger partial charge in [0, 0.05) is 21.5 Å². The molecule has 0 aliphatic heterocycles. The highest BCUT2D eigenvalue weighted by atomic mass is 127. The SMILES string of the molecule is CSc1nc(N)n2nc(-c3ccncc3I)nc2n1. The molecular weight excluding hydrogens is 377 g/mol. The Bertz CT molecular complexity index is 757. The summed E-state index contributed by atoms with van der Waals surface area (Å²) in [6.07, 6.45) is 5.34. The van der Waals surface area contributed by atoms with Gasteiger partial charge >= 0.3 is 0 Å². The highest BCUT2D eigenvalue weighted by Crippen LogP contribution is 2.22. The third-order valence-corrected chi connectivity index (χ3v) is 3.82. The topological polar surface area (TPSA) is 94.9 Å². The van der Waals surface area contributed by atoms with Gasteiger partial charge in [0.25, 0.3) is 5.78 Å². The monoisotopic (exact) mass is 385 g/mol. The fraction of sp³-hybridized carbons (Fsp3) is 0.100. The van der Waals surface area contributed by atoms with Gasteiger partial charge in [0.2, 0.25) is 5.95 Å². The number of rotatable bonds is 2. The number of nitrogens with zero attached hydrogens (tertiary/aromatic N) is 6. The summed E-state index contributed by atoms with van der Waals surface area (Å²) in [5, 5.41) is 4.91. The third kappa shape index (κ3) is 2.23. The van der Waals surface area contributed by atoms with E-state index in [9.17, 15) is 0 Å². The molecule has 0 radical (unpaired) electrons. The highest BCUT2D eigenvalue weighted by Gasteiger charge is 2.13. The normalized spacial score (nSPS) is 11.1. The first kappa shape index (κ1) is 12.5. The van der Waals surface area contributed by atoms with Gasteiger partial charge < -0.3 is 5.73 Å². The van der Waals surface area contributed by atoms with Crippen LogP contribution >= 0.6 is 34.4 Å². The fourth-order valence-corrected chi connectivity index (χ4v) is 2.49. The average molecular weight is 385 g/mol. The van der Waals surface area contributed by atoms with Crippen LogP contribution in [0.4, 0.5) is 5.95 Å². The zero-order valence-electron chi connectivity index (χ0n) is 9.78. The molecule has 0 aliphatic rings. The predicted octanol–water partition coefficient (Wildman–Crippen LogP) is 1.49. The van der Waals surface area contributed by atoms with E-state index in [1.165, 1.54) is 16.3 Å². The molecule has 0 aliphatic carbocycles. The molecule has 7 nitrogen and oxygen atoms in total. The van der Waals surface area contributed by atoms with E-state index >= 15 is 0 Å². The molecule has 2 N–H and O–H groups in total. The second kappa shape index (κ2) is 4.89. The molecular formula is C10H8IN7S. The molecule has 9 heteroatoms. The first-order valence-corrected chi connectivity index (χ1v) is 7.53. The molecule has 3 rings (SSSR count). The van der Waals surface area contributed by atoms with Gasteiger partial charge in [-0.05, 0) is 34.9 Å². The average Bonchev–Trinajstić information content (AvgIpc) is 2.83. The summed E-state index contributed by atoms with van der Waals surface area (Å²) in [5.41, 5.74) is 6.74. The Balaban J connectivity index is 2.22. The van der Waals surface area contributed by atoms with Gasteiger partial charge in [0.1, 0.15) is 0 Å². The van der Waals surface area contributed by atoms with Crippen molar-refractivity contribution in [2.24, 2.45) is 0 Å². The second-order valence-electron chi connectivity index (χ2n) is 3.57. The molecule has 0 fully saturated rings. The first-order valence-electron chi connectivity index (χ1n) is 5.23. The maximum Gasteiger partial charge on any atom is 0.258 e. The van der Waals surface area contributed by atoms with Crippen LogP contribution in [0.25, 0.3) is 17.2 Å². The molecule has 0 spiro atoms. The summed E-state index contributed by atoms with van der Waals surface area (Å²) >= 11 is 3.60. The summed E-state index contributed by atoms with van der Waals surface area (Å²) in [6, 6.07) is 1.86. The molecule has 0 saturated carbocycles. The van der Waals surface area contributed by atoms with E-state index in [4.69, 9.17) is 5.73 Å². The largest absolute Gasteiger partial charge is 0.368 e. The molecule has 96 valence electrons. The van der Waals surface area contributed by atoms with Crippen molar-refractivity contribution in [3.05, 3.63) is 22.0 Å². The lowest BCUT2D eigenvalue weighted by molar-refractivity contribution is 0.851. The van der Waals surface area contributed by atoms with Gasteiger partial charge in [-0.1, -0.05) is 11.8 Å². The number of nitrogens with two attached hydrogens (primary N) is 1. The second-order valence-corrected chi connectivity index (χ2v) is 5.51. The molecule has 0 atom stereocenters.